The summed E-state index contributed by atoms with van der Waals surface area (Å²) >= 11 is 0. The highest BCUT2D eigenvalue weighted by atomic mass is 16.3. The Morgan fingerprint density at radius 1 is 0.741 bits per heavy atom. The van der Waals surface area contributed by atoms with Gasteiger partial charge < -0.3 is 5.11 Å². The van der Waals surface area contributed by atoms with Crippen molar-refractivity contribution in [2.75, 3.05) is 6.61 Å². The molecule has 27 heavy (non-hydrogen) atoms. The molecule has 0 spiro atoms. The van der Waals surface area contributed by atoms with Gasteiger partial charge in [-0.3, -0.25) is 14.9 Å². The van der Waals surface area contributed by atoms with Gasteiger partial charge in [-0.1, -0.05) is 48.5 Å². The zero-order valence-corrected chi connectivity index (χ0v) is 15.4. The molecule has 1 atom stereocenters. The minimum absolute atomic E-state index is 0.0199. The van der Waals surface area contributed by atoms with Crippen molar-refractivity contribution in [2.45, 2.75) is 26.1 Å². The lowest BCUT2D eigenvalue weighted by molar-refractivity contribution is 0.119. The number of pyridine rings is 2. The summed E-state index contributed by atoms with van der Waals surface area (Å²) in [5.74, 6) is 0. The molecule has 0 bridgehead atoms. The zero-order chi connectivity index (χ0) is 18.6. The minimum Gasteiger partial charge on any atom is -0.395 e. The Hall–Kier alpha value is -2.82. The molecule has 0 aliphatic rings. The third kappa shape index (κ3) is 3.97. The highest BCUT2D eigenvalue weighted by molar-refractivity contribution is 5.79. The number of nitrogens with zero attached hydrogens (tertiary/aromatic N) is 3. The normalized spacial score (nSPS) is 12.7. The molecular weight excluding hydrogens is 334 g/mol. The van der Waals surface area contributed by atoms with Crippen LogP contribution >= 0.6 is 0 Å². The molecule has 136 valence electrons. The number of aromatic nitrogens is 2. The fraction of sp³-hybridized carbons (Fsp3) is 0.217. The standard InChI is InChI=1S/C23H23N3O/c1-17(16-27)26(14-20-12-10-18-6-2-4-8-22(18)24-20)15-21-13-11-19-7-3-5-9-23(19)25-21/h2-13,17,27H,14-16H2,1H3/t17-/m1/s1. The van der Waals surface area contributed by atoms with E-state index in [1.165, 1.54) is 0 Å². The summed E-state index contributed by atoms with van der Waals surface area (Å²) in [6.07, 6.45) is 0. The molecule has 0 fully saturated rings. The molecular formula is C23H23N3O. The van der Waals surface area contributed by atoms with Crippen molar-refractivity contribution in [3.63, 3.8) is 0 Å². The van der Waals surface area contributed by atoms with Crippen LogP contribution in [0.15, 0.2) is 72.8 Å². The molecule has 2 aromatic carbocycles. The zero-order valence-electron chi connectivity index (χ0n) is 15.4. The molecule has 0 saturated carbocycles. The maximum Gasteiger partial charge on any atom is 0.0705 e. The van der Waals surface area contributed by atoms with Gasteiger partial charge >= 0.3 is 0 Å². The van der Waals surface area contributed by atoms with Gasteiger partial charge in [0.25, 0.3) is 0 Å². The fourth-order valence-electron chi connectivity index (χ4n) is 3.29. The molecule has 4 heteroatoms. The maximum absolute atomic E-state index is 9.72. The van der Waals surface area contributed by atoms with E-state index in [0.29, 0.717) is 13.1 Å². The number of aliphatic hydroxyl groups excluding tert-OH is 1. The third-order valence-corrected chi connectivity index (χ3v) is 4.93. The Kier molecular flexibility index (Phi) is 5.10. The molecule has 4 rings (SSSR count). The summed E-state index contributed by atoms with van der Waals surface area (Å²) in [6.45, 7) is 3.46. The van der Waals surface area contributed by atoms with Crippen molar-refractivity contribution in [2.24, 2.45) is 0 Å². The first kappa shape index (κ1) is 17.6. The number of hydrogen-bond donors (Lipinski definition) is 1. The van der Waals surface area contributed by atoms with Gasteiger partial charge in [-0.05, 0) is 31.2 Å². The molecule has 0 aliphatic carbocycles. The van der Waals surface area contributed by atoms with E-state index in [1.54, 1.807) is 0 Å². The van der Waals surface area contributed by atoms with E-state index in [0.717, 1.165) is 33.2 Å². The fourth-order valence-corrected chi connectivity index (χ4v) is 3.29. The number of hydrogen-bond acceptors (Lipinski definition) is 4. The van der Waals surface area contributed by atoms with Crippen LogP contribution in [0.4, 0.5) is 0 Å². The van der Waals surface area contributed by atoms with Crippen LogP contribution in [0.5, 0.6) is 0 Å². The van der Waals surface area contributed by atoms with Gasteiger partial charge in [0.15, 0.2) is 0 Å². The summed E-state index contributed by atoms with van der Waals surface area (Å²) in [5, 5.41) is 12.0. The van der Waals surface area contributed by atoms with E-state index in [9.17, 15) is 5.11 Å². The molecule has 2 heterocycles. The summed E-state index contributed by atoms with van der Waals surface area (Å²) in [6, 6.07) is 24.6. The lowest BCUT2D eigenvalue weighted by Crippen LogP contribution is -2.35. The number of aliphatic hydroxyl groups is 1. The molecule has 0 saturated heterocycles. The van der Waals surface area contributed by atoms with Crippen molar-refractivity contribution in [1.29, 1.82) is 0 Å². The first-order valence-corrected chi connectivity index (χ1v) is 9.27. The summed E-state index contributed by atoms with van der Waals surface area (Å²) in [4.78, 5) is 11.8. The van der Waals surface area contributed by atoms with E-state index in [1.807, 2.05) is 43.3 Å². The van der Waals surface area contributed by atoms with Crippen molar-refractivity contribution in [3.8, 4) is 0 Å². The Balaban J connectivity index is 1.59. The molecule has 0 aliphatic heterocycles. The van der Waals surface area contributed by atoms with Crippen LogP contribution < -0.4 is 0 Å². The lowest BCUT2D eigenvalue weighted by atomic mass is 10.1. The van der Waals surface area contributed by atoms with E-state index >= 15 is 0 Å². The maximum atomic E-state index is 9.72. The second-order valence-electron chi connectivity index (χ2n) is 6.93. The first-order chi connectivity index (χ1) is 13.2. The number of fused-ring (bicyclic) bond motifs is 2. The summed E-state index contributed by atoms with van der Waals surface area (Å²) in [5.41, 5.74) is 3.98. The molecule has 4 aromatic rings. The van der Waals surface area contributed by atoms with Crippen LogP contribution in [-0.2, 0) is 13.1 Å². The SMILES string of the molecule is C[C@H](CO)N(Cc1ccc2ccccc2n1)Cc1ccc2ccccc2n1. The van der Waals surface area contributed by atoms with Gasteiger partial charge in [0.05, 0.1) is 29.0 Å². The van der Waals surface area contributed by atoms with Crippen molar-refractivity contribution in [1.82, 2.24) is 14.9 Å². The second-order valence-corrected chi connectivity index (χ2v) is 6.93. The minimum atomic E-state index is 0.0199. The first-order valence-electron chi connectivity index (χ1n) is 9.27. The summed E-state index contributed by atoms with van der Waals surface area (Å²) in [7, 11) is 0. The van der Waals surface area contributed by atoms with Gasteiger partial charge in [0, 0.05) is 29.9 Å². The van der Waals surface area contributed by atoms with Crippen LogP contribution in [0.1, 0.15) is 18.3 Å². The topological polar surface area (TPSA) is 49.2 Å². The van der Waals surface area contributed by atoms with Gasteiger partial charge in [-0.15, -0.1) is 0 Å². The predicted molar refractivity (Wildman–Crippen MR) is 109 cm³/mol. The average Bonchev–Trinajstić information content (AvgIpc) is 2.72. The number of rotatable bonds is 6. The number of para-hydroxylation sites is 2. The van der Waals surface area contributed by atoms with Crippen LogP contribution in [0.2, 0.25) is 0 Å². The van der Waals surface area contributed by atoms with Gasteiger partial charge in [-0.2, -0.15) is 0 Å². The highest BCUT2D eigenvalue weighted by Crippen LogP contribution is 2.17. The molecule has 4 nitrogen and oxygen atoms in total. The Labute approximate surface area is 159 Å². The van der Waals surface area contributed by atoms with Crippen LogP contribution in [0, 0.1) is 0 Å². The van der Waals surface area contributed by atoms with Gasteiger partial charge in [-0.25, -0.2) is 0 Å². The van der Waals surface area contributed by atoms with E-state index in [4.69, 9.17) is 9.97 Å². The van der Waals surface area contributed by atoms with E-state index in [2.05, 4.69) is 41.3 Å². The molecule has 0 unspecified atom stereocenters. The van der Waals surface area contributed by atoms with E-state index < -0.39 is 0 Å². The van der Waals surface area contributed by atoms with Gasteiger partial charge in [0.1, 0.15) is 0 Å². The molecule has 2 aromatic heterocycles. The Morgan fingerprint density at radius 2 is 1.22 bits per heavy atom. The van der Waals surface area contributed by atoms with Gasteiger partial charge in [0.2, 0.25) is 0 Å². The lowest BCUT2D eigenvalue weighted by Gasteiger charge is -2.27. The second kappa shape index (κ2) is 7.82. The summed E-state index contributed by atoms with van der Waals surface area (Å²) < 4.78 is 0. The third-order valence-electron chi connectivity index (χ3n) is 4.93. The van der Waals surface area contributed by atoms with E-state index in [-0.39, 0.29) is 12.6 Å². The molecule has 0 radical (unpaired) electrons. The van der Waals surface area contributed by atoms with Crippen molar-refractivity contribution in [3.05, 3.63) is 84.2 Å². The monoisotopic (exact) mass is 357 g/mol. The quantitative estimate of drug-likeness (QED) is 0.563. The average molecular weight is 357 g/mol. The van der Waals surface area contributed by atoms with Crippen molar-refractivity contribution < 1.29 is 5.11 Å². The Bertz CT molecular complexity index is 982. The largest absolute Gasteiger partial charge is 0.395 e. The number of benzene rings is 2. The Morgan fingerprint density at radius 3 is 1.70 bits per heavy atom. The predicted octanol–water partition coefficient (Wildman–Crippen LogP) is 4.17. The van der Waals surface area contributed by atoms with Crippen LogP contribution in [0.3, 0.4) is 0 Å². The smallest absolute Gasteiger partial charge is 0.0705 e. The van der Waals surface area contributed by atoms with Crippen molar-refractivity contribution >= 4 is 21.8 Å². The molecule has 1 N–H and O–H groups in total. The van der Waals surface area contributed by atoms with Crippen LogP contribution in [0.25, 0.3) is 21.8 Å². The van der Waals surface area contributed by atoms with Crippen LogP contribution in [-0.4, -0.2) is 32.6 Å². The molecule has 0 amide bonds. The highest BCUT2D eigenvalue weighted by Gasteiger charge is 2.16.